The van der Waals surface area contributed by atoms with E-state index in [0.29, 0.717) is 24.8 Å². The highest BCUT2D eigenvalue weighted by molar-refractivity contribution is 7.89. The minimum absolute atomic E-state index is 0.0974. The highest BCUT2D eigenvalue weighted by atomic mass is 32.2. The summed E-state index contributed by atoms with van der Waals surface area (Å²) in [6.07, 6.45) is 3.99. The maximum atomic E-state index is 11.7. The molecule has 118 valence electrons. The van der Waals surface area contributed by atoms with Gasteiger partial charge in [-0.1, -0.05) is 20.3 Å². The van der Waals surface area contributed by atoms with Gasteiger partial charge < -0.3 is 11.1 Å². The standard InChI is InChI=1S/C13H27N3O3S/c1-10(2)8-12(14)13(17)15-6-7-20(18,19)16-9-11-4-3-5-11/h10-12,16H,3-9,14H2,1-2H3,(H,15,17)/t12-/m0/s1. The van der Waals surface area contributed by atoms with Crippen molar-refractivity contribution < 1.29 is 13.2 Å². The van der Waals surface area contributed by atoms with E-state index in [9.17, 15) is 13.2 Å². The normalized spacial score (nSPS) is 17.8. The molecule has 1 rings (SSSR count). The fraction of sp³-hybridized carbons (Fsp3) is 0.923. The third-order valence-corrected chi connectivity index (χ3v) is 4.90. The van der Waals surface area contributed by atoms with Crippen LogP contribution in [0.15, 0.2) is 0 Å². The summed E-state index contributed by atoms with van der Waals surface area (Å²) in [4.78, 5) is 11.6. The van der Waals surface area contributed by atoms with Gasteiger partial charge in [0.2, 0.25) is 15.9 Å². The topological polar surface area (TPSA) is 101 Å². The molecule has 1 amide bonds. The van der Waals surface area contributed by atoms with E-state index in [2.05, 4.69) is 10.0 Å². The summed E-state index contributed by atoms with van der Waals surface area (Å²) >= 11 is 0. The van der Waals surface area contributed by atoms with Gasteiger partial charge in [-0.3, -0.25) is 4.79 Å². The molecule has 1 atom stereocenters. The molecular weight excluding hydrogens is 278 g/mol. The molecule has 6 nitrogen and oxygen atoms in total. The van der Waals surface area contributed by atoms with E-state index in [1.807, 2.05) is 13.8 Å². The van der Waals surface area contributed by atoms with Crippen LogP contribution in [0, 0.1) is 11.8 Å². The predicted molar refractivity (Wildman–Crippen MR) is 79.6 cm³/mol. The number of amides is 1. The molecule has 0 aromatic heterocycles. The summed E-state index contributed by atoms with van der Waals surface area (Å²) in [5.74, 6) is 0.440. The lowest BCUT2D eigenvalue weighted by molar-refractivity contribution is -0.122. The lowest BCUT2D eigenvalue weighted by Crippen LogP contribution is -2.44. The van der Waals surface area contributed by atoms with Crippen molar-refractivity contribution in [3.8, 4) is 0 Å². The van der Waals surface area contributed by atoms with E-state index in [0.717, 1.165) is 12.8 Å². The average molecular weight is 305 g/mol. The van der Waals surface area contributed by atoms with Crippen molar-refractivity contribution in [2.24, 2.45) is 17.6 Å². The van der Waals surface area contributed by atoms with Crippen LogP contribution in [0.5, 0.6) is 0 Å². The third kappa shape index (κ3) is 6.67. The van der Waals surface area contributed by atoms with Crippen LogP contribution in [-0.4, -0.2) is 39.2 Å². The zero-order valence-electron chi connectivity index (χ0n) is 12.4. The largest absolute Gasteiger partial charge is 0.354 e. The number of carbonyl (C=O) groups excluding carboxylic acids is 1. The first-order valence-electron chi connectivity index (χ1n) is 7.31. The summed E-state index contributed by atoms with van der Waals surface area (Å²) in [7, 11) is -3.30. The van der Waals surface area contributed by atoms with E-state index >= 15 is 0 Å². The molecule has 1 fully saturated rings. The highest BCUT2D eigenvalue weighted by Gasteiger charge is 2.20. The molecule has 7 heteroatoms. The molecule has 20 heavy (non-hydrogen) atoms. The Morgan fingerprint density at radius 3 is 2.50 bits per heavy atom. The zero-order chi connectivity index (χ0) is 15.2. The van der Waals surface area contributed by atoms with Crippen LogP contribution in [0.3, 0.4) is 0 Å². The molecule has 0 aromatic carbocycles. The fourth-order valence-electron chi connectivity index (χ4n) is 2.07. The molecule has 0 bridgehead atoms. The summed E-state index contributed by atoms with van der Waals surface area (Å²) in [6, 6.07) is -0.569. The Morgan fingerprint density at radius 1 is 1.35 bits per heavy atom. The van der Waals surface area contributed by atoms with Crippen LogP contribution >= 0.6 is 0 Å². The SMILES string of the molecule is CC(C)C[C@H](N)C(=O)NCCS(=O)(=O)NCC1CCC1. The quantitative estimate of drug-likeness (QED) is 0.566. The molecule has 0 radical (unpaired) electrons. The van der Waals surface area contributed by atoms with Gasteiger partial charge in [-0.2, -0.15) is 0 Å². The molecule has 0 unspecified atom stereocenters. The van der Waals surface area contributed by atoms with Crippen LogP contribution in [0.2, 0.25) is 0 Å². The van der Waals surface area contributed by atoms with Crippen molar-refractivity contribution in [1.29, 1.82) is 0 Å². The molecule has 1 saturated carbocycles. The number of hydrogen-bond donors (Lipinski definition) is 3. The first-order chi connectivity index (χ1) is 9.30. The summed E-state index contributed by atoms with van der Waals surface area (Å²) < 4.78 is 26.0. The van der Waals surface area contributed by atoms with Crippen molar-refractivity contribution in [3.63, 3.8) is 0 Å². The van der Waals surface area contributed by atoms with Gasteiger partial charge in [0.25, 0.3) is 0 Å². The number of rotatable bonds is 9. The minimum atomic E-state index is -3.30. The molecule has 1 aliphatic carbocycles. The lowest BCUT2D eigenvalue weighted by atomic mass is 9.86. The second-order valence-electron chi connectivity index (χ2n) is 5.99. The van der Waals surface area contributed by atoms with E-state index in [4.69, 9.17) is 5.73 Å². The van der Waals surface area contributed by atoms with Crippen LogP contribution in [-0.2, 0) is 14.8 Å². The molecule has 0 aromatic rings. The summed E-state index contributed by atoms with van der Waals surface area (Å²) in [6.45, 7) is 4.59. The van der Waals surface area contributed by atoms with Crippen LogP contribution in [0.1, 0.15) is 39.5 Å². The van der Waals surface area contributed by atoms with Crippen LogP contribution in [0.4, 0.5) is 0 Å². The molecule has 1 aliphatic rings. The Bertz CT molecular complexity index is 405. The lowest BCUT2D eigenvalue weighted by Gasteiger charge is -2.25. The second-order valence-corrected chi connectivity index (χ2v) is 7.92. The van der Waals surface area contributed by atoms with Crippen molar-refractivity contribution in [1.82, 2.24) is 10.0 Å². The number of sulfonamides is 1. The van der Waals surface area contributed by atoms with Gasteiger partial charge in [-0.25, -0.2) is 13.1 Å². The van der Waals surface area contributed by atoms with Crippen LogP contribution in [0.25, 0.3) is 0 Å². The molecule has 0 saturated heterocycles. The number of nitrogens with two attached hydrogens (primary N) is 1. The van der Waals surface area contributed by atoms with Gasteiger partial charge in [-0.15, -0.1) is 0 Å². The van der Waals surface area contributed by atoms with Gasteiger partial charge >= 0.3 is 0 Å². The minimum Gasteiger partial charge on any atom is -0.354 e. The average Bonchev–Trinajstić information content (AvgIpc) is 2.25. The second kappa shape index (κ2) is 7.95. The van der Waals surface area contributed by atoms with E-state index in [1.165, 1.54) is 6.42 Å². The zero-order valence-corrected chi connectivity index (χ0v) is 13.2. The maximum Gasteiger partial charge on any atom is 0.236 e. The Labute approximate surface area is 121 Å². The van der Waals surface area contributed by atoms with Gasteiger partial charge in [0.15, 0.2) is 0 Å². The molecule has 4 N–H and O–H groups in total. The Morgan fingerprint density at radius 2 is 2.00 bits per heavy atom. The summed E-state index contributed by atoms with van der Waals surface area (Å²) in [5.41, 5.74) is 5.71. The Kier molecular flexibility index (Phi) is 6.91. The maximum absolute atomic E-state index is 11.7. The molecule has 0 spiro atoms. The third-order valence-electron chi connectivity index (χ3n) is 3.55. The summed E-state index contributed by atoms with van der Waals surface area (Å²) in [5, 5.41) is 2.58. The van der Waals surface area contributed by atoms with Crippen molar-refractivity contribution in [3.05, 3.63) is 0 Å². The van der Waals surface area contributed by atoms with Gasteiger partial charge in [0.05, 0.1) is 11.8 Å². The van der Waals surface area contributed by atoms with Crippen LogP contribution < -0.4 is 15.8 Å². The van der Waals surface area contributed by atoms with Gasteiger partial charge in [-0.05, 0) is 31.1 Å². The molecule has 0 heterocycles. The monoisotopic (exact) mass is 305 g/mol. The number of nitrogens with one attached hydrogen (secondary N) is 2. The smallest absolute Gasteiger partial charge is 0.236 e. The van der Waals surface area contributed by atoms with Crippen molar-refractivity contribution >= 4 is 15.9 Å². The van der Waals surface area contributed by atoms with E-state index in [-0.39, 0.29) is 18.2 Å². The number of hydrogen-bond acceptors (Lipinski definition) is 4. The highest BCUT2D eigenvalue weighted by Crippen LogP contribution is 2.25. The van der Waals surface area contributed by atoms with Crippen molar-refractivity contribution in [2.75, 3.05) is 18.8 Å². The van der Waals surface area contributed by atoms with E-state index in [1.54, 1.807) is 0 Å². The predicted octanol–water partition coefficient (Wildman–Crippen LogP) is 0.196. The number of carbonyl (C=O) groups is 1. The molecular formula is C13H27N3O3S. The Balaban J connectivity index is 2.19. The van der Waals surface area contributed by atoms with E-state index < -0.39 is 16.1 Å². The first kappa shape index (κ1) is 17.4. The fourth-order valence-corrected chi connectivity index (χ4v) is 3.07. The van der Waals surface area contributed by atoms with Gasteiger partial charge in [0.1, 0.15) is 0 Å². The molecule has 0 aliphatic heterocycles. The van der Waals surface area contributed by atoms with Gasteiger partial charge in [0, 0.05) is 13.1 Å². The Hall–Kier alpha value is -0.660. The van der Waals surface area contributed by atoms with Crippen molar-refractivity contribution in [2.45, 2.75) is 45.6 Å². The first-order valence-corrected chi connectivity index (χ1v) is 8.96.